The second-order valence-corrected chi connectivity index (χ2v) is 7.59. The molecule has 2 N–H and O–H groups in total. The maximum Gasteiger partial charge on any atom is 0.262 e. The minimum Gasteiger partial charge on any atom is -0.354 e. The van der Waals surface area contributed by atoms with E-state index in [4.69, 9.17) is 0 Å². The molecule has 0 aliphatic heterocycles. The van der Waals surface area contributed by atoms with E-state index < -0.39 is 6.04 Å². The van der Waals surface area contributed by atoms with E-state index in [0.717, 1.165) is 16.6 Å². The number of carbonyl (C=O) groups excluding carboxylic acids is 2. The van der Waals surface area contributed by atoms with Crippen molar-refractivity contribution in [2.75, 3.05) is 6.54 Å². The zero-order valence-corrected chi connectivity index (χ0v) is 14.4. The molecule has 20 heavy (non-hydrogen) atoms. The second-order valence-electron chi connectivity index (χ2n) is 5.13. The molecule has 1 rings (SSSR count). The molecule has 1 atom stereocenters. The van der Waals surface area contributed by atoms with Gasteiger partial charge in [0.25, 0.3) is 5.91 Å². The molecule has 0 saturated carbocycles. The van der Waals surface area contributed by atoms with Gasteiger partial charge in [-0.05, 0) is 53.7 Å². The van der Waals surface area contributed by atoms with Gasteiger partial charge in [0.1, 0.15) is 6.04 Å². The summed E-state index contributed by atoms with van der Waals surface area (Å²) < 4.78 is 0.897. The first kappa shape index (κ1) is 17.2. The van der Waals surface area contributed by atoms with E-state index in [2.05, 4.69) is 40.4 Å². The molecule has 0 saturated heterocycles. The lowest BCUT2D eigenvalue weighted by Gasteiger charge is -2.13. The predicted molar refractivity (Wildman–Crippen MR) is 86.0 cm³/mol. The van der Waals surface area contributed by atoms with Crippen molar-refractivity contribution in [3.8, 4) is 0 Å². The van der Waals surface area contributed by atoms with Crippen LogP contribution in [0.1, 0.15) is 43.3 Å². The average Bonchev–Trinajstić information content (AvgIpc) is 2.80. The number of hydrogen-bond acceptors (Lipinski definition) is 3. The molecule has 0 spiro atoms. The highest BCUT2D eigenvalue weighted by molar-refractivity contribution is 9.11. The number of hydrogen-bond donors (Lipinski definition) is 2. The maximum absolute atomic E-state index is 11.9. The summed E-state index contributed by atoms with van der Waals surface area (Å²) in [4.78, 5) is 24.3. The molecule has 4 nitrogen and oxygen atoms in total. The van der Waals surface area contributed by atoms with Crippen LogP contribution in [0.15, 0.2) is 15.9 Å². The van der Waals surface area contributed by atoms with Crippen LogP contribution < -0.4 is 10.6 Å². The fourth-order valence-corrected chi connectivity index (χ4v) is 2.93. The molecule has 0 radical (unpaired) electrons. The highest BCUT2D eigenvalue weighted by Crippen LogP contribution is 2.21. The fraction of sp³-hybridized carbons (Fsp3) is 0.571. The molecule has 1 aromatic rings. The van der Waals surface area contributed by atoms with Crippen molar-refractivity contribution in [2.24, 2.45) is 5.92 Å². The molecule has 1 heterocycles. The van der Waals surface area contributed by atoms with Gasteiger partial charge in [0, 0.05) is 6.54 Å². The van der Waals surface area contributed by atoms with E-state index >= 15 is 0 Å². The predicted octanol–water partition coefficient (Wildman–Crippen LogP) is 3.18. The Kier molecular flexibility index (Phi) is 7.23. The summed E-state index contributed by atoms with van der Waals surface area (Å²) in [6.45, 7) is 6.66. The SMILES string of the molecule is CC(C)CCCNC(=O)C(C)NC(=O)c1ccc(Br)s1. The Balaban J connectivity index is 2.32. The fourth-order valence-electron chi connectivity index (χ4n) is 1.64. The third-order valence-electron chi connectivity index (χ3n) is 2.80. The summed E-state index contributed by atoms with van der Waals surface area (Å²) in [6, 6.07) is 3.02. The number of halogens is 1. The third kappa shape index (κ3) is 6.05. The topological polar surface area (TPSA) is 58.2 Å². The van der Waals surface area contributed by atoms with Gasteiger partial charge in [-0.2, -0.15) is 0 Å². The molecular formula is C14H21BrN2O2S. The van der Waals surface area contributed by atoms with E-state index in [1.807, 2.05) is 6.07 Å². The van der Waals surface area contributed by atoms with E-state index in [-0.39, 0.29) is 11.8 Å². The van der Waals surface area contributed by atoms with Crippen molar-refractivity contribution in [1.29, 1.82) is 0 Å². The van der Waals surface area contributed by atoms with Crippen molar-refractivity contribution in [2.45, 2.75) is 39.7 Å². The van der Waals surface area contributed by atoms with Crippen LogP contribution in [0, 0.1) is 5.92 Å². The van der Waals surface area contributed by atoms with E-state index in [1.165, 1.54) is 11.3 Å². The van der Waals surface area contributed by atoms with Crippen molar-refractivity contribution in [3.05, 3.63) is 20.8 Å². The number of carbonyl (C=O) groups is 2. The lowest BCUT2D eigenvalue weighted by molar-refractivity contribution is -0.122. The Labute approximate surface area is 132 Å². The number of nitrogens with one attached hydrogen (secondary N) is 2. The lowest BCUT2D eigenvalue weighted by atomic mass is 10.1. The first-order valence-corrected chi connectivity index (χ1v) is 8.35. The van der Waals surface area contributed by atoms with Gasteiger partial charge < -0.3 is 10.6 Å². The van der Waals surface area contributed by atoms with Crippen LogP contribution in [0.25, 0.3) is 0 Å². The minimum atomic E-state index is -0.526. The summed E-state index contributed by atoms with van der Waals surface area (Å²) in [5, 5.41) is 5.54. The van der Waals surface area contributed by atoms with Gasteiger partial charge in [-0.1, -0.05) is 13.8 Å². The van der Waals surface area contributed by atoms with Crippen LogP contribution in [0.2, 0.25) is 0 Å². The monoisotopic (exact) mass is 360 g/mol. The van der Waals surface area contributed by atoms with Gasteiger partial charge in [-0.25, -0.2) is 0 Å². The normalized spacial score (nSPS) is 12.2. The molecule has 0 fully saturated rings. The first-order valence-electron chi connectivity index (χ1n) is 6.74. The van der Waals surface area contributed by atoms with Crippen molar-refractivity contribution < 1.29 is 9.59 Å². The Bertz CT molecular complexity index is 460. The zero-order valence-electron chi connectivity index (χ0n) is 12.0. The van der Waals surface area contributed by atoms with E-state index in [0.29, 0.717) is 17.3 Å². The molecule has 0 aliphatic rings. The van der Waals surface area contributed by atoms with Gasteiger partial charge in [0.05, 0.1) is 8.66 Å². The molecule has 1 unspecified atom stereocenters. The highest BCUT2D eigenvalue weighted by Gasteiger charge is 2.17. The summed E-state index contributed by atoms with van der Waals surface area (Å²) in [5.74, 6) is 0.282. The summed E-state index contributed by atoms with van der Waals surface area (Å²) in [7, 11) is 0. The minimum absolute atomic E-state index is 0.141. The summed E-state index contributed by atoms with van der Waals surface area (Å²) >= 11 is 4.66. The Morgan fingerprint density at radius 1 is 1.30 bits per heavy atom. The quantitative estimate of drug-likeness (QED) is 0.733. The smallest absolute Gasteiger partial charge is 0.262 e. The molecule has 112 valence electrons. The van der Waals surface area contributed by atoms with E-state index in [9.17, 15) is 9.59 Å². The van der Waals surface area contributed by atoms with Crippen molar-refractivity contribution in [1.82, 2.24) is 10.6 Å². The van der Waals surface area contributed by atoms with Crippen LogP contribution in [-0.2, 0) is 4.79 Å². The van der Waals surface area contributed by atoms with Crippen LogP contribution >= 0.6 is 27.3 Å². The molecule has 0 aliphatic carbocycles. The van der Waals surface area contributed by atoms with Gasteiger partial charge in [0.2, 0.25) is 5.91 Å². The average molecular weight is 361 g/mol. The Morgan fingerprint density at radius 2 is 2.00 bits per heavy atom. The molecule has 0 bridgehead atoms. The van der Waals surface area contributed by atoms with Gasteiger partial charge >= 0.3 is 0 Å². The largest absolute Gasteiger partial charge is 0.354 e. The summed E-state index contributed by atoms with van der Waals surface area (Å²) in [6.07, 6.45) is 2.05. The third-order valence-corrected chi connectivity index (χ3v) is 4.42. The van der Waals surface area contributed by atoms with Crippen LogP contribution in [0.5, 0.6) is 0 Å². The number of thiophene rings is 1. The molecule has 0 aromatic carbocycles. The van der Waals surface area contributed by atoms with Crippen molar-refractivity contribution in [3.63, 3.8) is 0 Å². The van der Waals surface area contributed by atoms with E-state index in [1.54, 1.807) is 13.0 Å². The second kappa shape index (κ2) is 8.42. The number of amides is 2. The van der Waals surface area contributed by atoms with Gasteiger partial charge in [0.15, 0.2) is 0 Å². The van der Waals surface area contributed by atoms with Crippen LogP contribution in [0.3, 0.4) is 0 Å². The zero-order chi connectivity index (χ0) is 15.1. The Hall–Kier alpha value is -0.880. The highest BCUT2D eigenvalue weighted by atomic mass is 79.9. The Morgan fingerprint density at radius 3 is 2.55 bits per heavy atom. The molecule has 6 heteroatoms. The summed E-state index contributed by atoms with van der Waals surface area (Å²) in [5.41, 5.74) is 0. The van der Waals surface area contributed by atoms with Gasteiger partial charge in [-0.15, -0.1) is 11.3 Å². The molecule has 1 aromatic heterocycles. The molecular weight excluding hydrogens is 340 g/mol. The molecule has 2 amide bonds. The van der Waals surface area contributed by atoms with Crippen LogP contribution in [-0.4, -0.2) is 24.4 Å². The lowest BCUT2D eigenvalue weighted by Crippen LogP contribution is -2.44. The number of rotatable bonds is 7. The van der Waals surface area contributed by atoms with Crippen molar-refractivity contribution >= 4 is 39.1 Å². The first-order chi connectivity index (χ1) is 9.40. The van der Waals surface area contributed by atoms with Crippen LogP contribution in [0.4, 0.5) is 0 Å². The standard InChI is InChI=1S/C14H21BrN2O2S/c1-9(2)5-4-8-16-13(18)10(3)17-14(19)11-6-7-12(15)20-11/h6-7,9-10H,4-5,8H2,1-3H3,(H,16,18)(H,17,19). The van der Waals surface area contributed by atoms with Gasteiger partial charge in [-0.3, -0.25) is 9.59 Å². The maximum atomic E-state index is 11.9.